The Labute approximate surface area is 123 Å². The van der Waals surface area contributed by atoms with Crippen molar-refractivity contribution in [1.82, 2.24) is 5.32 Å². The van der Waals surface area contributed by atoms with Crippen molar-refractivity contribution in [2.75, 3.05) is 14.2 Å². The quantitative estimate of drug-likeness (QED) is 0.903. The van der Waals surface area contributed by atoms with Crippen molar-refractivity contribution in [3.63, 3.8) is 0 Å². The normalized spacial score (nSPS) is 10.5. The van der Waals surface area contributed by atoms with E-state index in [1.54, 1.807) is 19.2 Å². The highest BCUT2D eigenvalue weighted by atomic mass is 35.5. The Bertz CT molecular complexity index is 584. The van der Waals surface area contributed by atoms with Crippen LogP contribution >= 0.6 is 23.2 Å². The molecule has 2 aromatic rings. The van der Waals surface area contributed by atoms with Gasteiger partial charge in [-0.25, -0.2) is 0 Å². The van der Waals surface area contributed by atoms with Gasteiger partial charge in [0, 0.05) is 27.7 Å². The molecule has 2 aromatic carbocycles. The van der Waals surface area contributed by atoms with Crippen LogP contribution in [0.3, 0.4) is 0 Å². The third kappa shape index (κ3) is 3.21. The first kappa shape index (κ1) is 14.2. The maximum atomic E-state index is 6.23. The highest BCUT2D eigenvalue weighted by Crippen LogP contribution is 2.33. The molecule has 0 bridgehead atoms. The minimum atomic E-state index is 0.672. The van der Waals surface area contributed by atoms with Crippen LogP contribution in [0.1, 0.15) is 5.56 Å². The van der Waals surface area contributed by atoms with Gasteiger partial charge in [0.25, 0.3) is 0 Å². The van der Waals surface area contributed by atoms with Crippen LogP contribution in [0.15, 0.2) is 36.4 Å². The molecule has 2 rings (SSSR count). The predicted octanol–water partition coefficient (Wildman–Crippen LogP) is 4.39. The van der Waals surface area contributed by atoms with Gasteiger partial charge >= 0.3 is 0 Å². The van der Waals surface area contributed by atoms with Crippen LogP contribution in [0.2, 0.25) is 10.0 Å². The van der Waals surface area contributed by atoms with E-state index in [0.29, 0.717) is 10.0 Å². The van der Waals surface area contributed by atoms with Crippen molar-refractivity contribution in [2.45, 2.75) is 6.54 Å². The summed E-state index contributed by atoms with van der Waals surface area (Å²) in [6, 6.07) is 11.4. The van der Waals surface area contributed by atoms with Crippen LogP contribution in [-0.2, 0) is 6.54 Å². The summed E-state index contributed by atoms with van der Waals surface area (Å²) in [4.78, 5) is 0. The van der Waals surface area contributed by atoms with Crippen LogP contribution in [0.25, 0.3) is 11.1 Å². The summed E-state index contributed by atoms with van der Waals surface area (Å²) in [5, 5.41) is 4.48. The molecular weight excluding hydrogens is 281 g/mol. The Kier molecular flexibility index (Phi) is 4.70. The van der Waals surface area contributed by atoms with Crippen molar-refractivity contribution < 1.29 is 4.74 Å². The molecule has 0 amide bonds. The van der Waals surface area contributed by atoms with E-state index in [1.165, 1.54) is 0 Å². The summed E-state index contributed by atoms with van der Waals surface area (Å²) in [6.07, 6.45) is 0. The summed E-state index contributed by atoms with van der Waals surface area (Å²) in [5.41, 5.74) is 3.03. The van der Waals surface area contributed by atoms with E-state index in [0.717, 1.165) is 29.0 Å². The van der Waals surface area contributed by atoms with E-state index in [9.17, 15) is 0 Å². The Balaban J connectivity index is 2.50. The van der Waals surface area contributed by atoms with Gasteiger partial charge in [0.1, 0.15) is 5.75 Å². The Morgan fingerprint density at radius 2 is 1.89 bits per heavy atom. The molecule has 0 unspecified atom stereocenters. The van der Waals surface area contributed by atoms with Crippen molar-refractivity contribution in [3.8, 4) is 16.9 Å². The van der Waals surface area contributed by atoms with E-state index in [-0.39, 0.29) is 0 Å². The molecule has 0 aliphatic rings. The molecule has 0 spiro atoms. The van der Waals surface area contributed by atoms with Crippen molar-refractivity contribution in [2.24, 2.45) is 0 Å². The summed E-state index contributed by atoms with van der Waals surface area (Å²) in [5.74, 6) is 0.858. The van der Waals surface area contributed by atoms with Gasteiger partial charge in [0.15, 0.2) is 0 Å². The second kappa shape index (κ2) is 6.29. The maximum absolute atomic E-state index is 6.23. The summed E-state index contributed by atoms with van der Waals surface area (Å²) in [6.45, 7) is 0.731. The van der Waals surface area contributed by atoms with Crippen LogP contribution in [-0.4, -0.2) is 14.2 Å². The van der Waals surface area contributed by atoms with Gasteiger partial charge in [0.2, 0.25) is 0 Å². The zero-order valence-electron chi connectivity index (χ0n) is 10.8. The third-order valence-corrected chi connectivity index (χ3v) is 3.45. The highest BCUT2D eigenvalue weighted by molar-refractivity contribution is 6.35. The topological polar surface area (TPSA) is 21.3 Å². The van der Waals surface area contributed by atoms with Crippen LogP contribution < -0.4 is 10.1 Å². The molecule has 4 heteroatoms. The van der Waals surface area contributed by atoms with Gasteiger partial charge in [-0.05, 0) is 42.9 Å². The fraction of sp³-hybridized carbons (Fsp3) is 0.200. The second-order valence-electron chi connectivity index (χ2n) is 4.18. The lowest BCUT2D eigenvalue weighted by molar-refractivity contribution is 0.408. The number of benzene rings is 2. The molecule has 0 atom stereocenters. The maximum Gasteiger partial charge on any atom is 0.123 e. The number of rotatable bonds is 4. The number of hydrogen-bond donors (Lipinski definition) is 1. The van der Waals surface area contributed by atoms with Gasteiger partial charge in [-0.1, -0.05) is 29.3 Å². The van der Waals surface area contributed by atoms with Gasteiger partial charge < -0.3 is 10.1 Å². The Morgan fingerprint density at radius 3 is 2.58 bits per heavy atom. The Morgan fingerprint density at radius 1 is 1.11 bits per heavy atom. The first-order valence-corrected chi connectivity index (χ1v) is 6.68. The first-order valence-electron chi connectivity index (χ1n) is 5.92. The number of halogens is 2. The van der Waals surface area contributed by atoms with Gasteiger partial charge in [-0.2, -0.15) is 0 Å². The van der Waals surface area contributed by atoms with E-state index >= 15 is 0 Å². The van der Waals surface area contributed by atoms with Gasteiger partial charge in [-0.15, -0.1) is 0 Å². The zero-order valence-corrected chi connectivity index (χ0v) is 12.3. The van der Waals surface area contributed by atoms with Crippen LogP contribution in [0, 0.1) is 0 Å². The first-order chi connectivity index (χ1) is 9.15. The predicted molar refractivity (Wildman–Crippen MR) is 81.2 cm³/mol. The average molecular weight is 296 g/mol. The molecular formula is C15H15Cl2NO. The summed E-state index contributed by atoms with van der Waals surface area (Å²) in [7, 11) is 3.57. The fourth-order valence-corrected chi connectivity index (χ4v) is 2.39. The number of methoxy groups -OCH3 is 1. The monoisotopic (exact) mass is 295 g/mol. The van der Waals surface area contributed by atoms with Gasteiger partial charge in [0.05, 0.1) is 7.11 Å². The van der Waals surface area contributed by atoms with E-state index < -0.39 is 0 Å². The lowest BCUT2D eigenvalue weighted by Gasteiger charge is -2.12. The molecule has 0 radical (unpaired) electrons. The molecule has 1 N–H and O–H groups in total. The number of nitrogens with one attached hydrogen (secondary N) is 1. The lowest BCUT2D eigenvalue weighted by atomic mass is 10.0. The third-order valence-electron chi connectivity index (χ3n) is 2.89. The molecule has 19 heavy (non-hydrogen) atoms. The SMILES string of the molecule is CNCc1cc(-c2cc(Cl)ccc2Cl)ccc1OC. The standard InChI is InChI=1S/C15H15Cl2NO/c1-18-9-11-7-10(3-6-15(11)19-2)13-8-12(16)4-5-14(13)17/h3-8,18H,9H2,1-2H3. The minimum absolute atomic E-state index is 0.672. The molecule has 0 saturated carbocycles. The molecule has 100 valence electrons. The zero-order chi connectivity index (χ0) is 13.8. The van der Waals surface area contributed by atoms with E-state index in [1.807, 2.05) is 25.2 Å². The molecule has 2 nitrogen and oxygen atoms in total. The van der Waals surface area contributed by atoms with Crippen molar-refractivity contribution >= 4 is 23.2 Å². The molecule has 0 aliphatic heterocycles. The van der Waals surface area contributed by atoms with Crippen LogP contribution in [0.4, 0.5) is 0 Å². The lowest BCUT2D eigenvalue weighted by Crippen LogP contribution is -2.06. The summed E-state index contributed by atoms with van der Waals surface area (Å²) < 4.78 is 5.34. The number of hydrogen-bond acceptors (Lipinski definition) is 2. The number of ether oxygens (including phenoxy) is 1. The van der Waals surface area contributed by atoms with Crippen LogP contribution in [0.5, 0.6) is 5.75 Å². The second-order valence-corrected chi connectivity index (χ2v) is 5.02. The molecule has 0 saturated heterocycles. The average Bonchev–Trinajstić information content (AvgIpc) is 2.42. The molecule has 0 heterocycles. The molecule has 0 aliphatic carbocycles. The largest absolute Gasteiger partial charge is 0.496 e. The minimum Gasteiger partial charge on any atom is -0.496 e. The smallest absolute Gasteiger partial charge is 0.123 e. The highest BCUT2D eigenvalue weighted by Gasteiger charge is 2.08. The van der Waals surface area contributed by atoms with E-state index in [2.05, 4.69) is 11.4 Å². The Hall–Kier alpha value is -1.22. The molecule has 0 fully saturated rings. The van der Waals surface area contributed by atoms with Crippen molar-refractivity contribution in [3.05, 3.63) is 52.0 Å². The summed E-state index contributed by atoms with van der Waals surface area (Å²) >= 11 is 12.3. The fourth-order valence-electron chi connectivity index (χ4n) is 1.99. The molecule has 0 aromatic heterocycles. The van der Waals surface area contributed by atoms with Gasteiger partial charge in [-0.3, -0.25) is 0 Å². The van der Waals surface area contributed by atoms with Crippen molar-refractivity contribution in [1.29, 1.82) is 0 Å². The van der Waals surface area contributed by atoms with E-state index in [4.69, 9.17) is 27.9 Å².